The lowest BCUT2D eigenvalue weighted by molar-refractivity contribution is -0.119. The molecule has 0 spiro atoms. The van der Waals surface area contributed by atoms with Gasteiger partial charge in [-0.2, -0.15) is 0 Å². The van der Waals surface area contributed by atoms with Crippen LogP contribution in [0.1, 0.15) is 31.2 Å². The first-order chi connectivity index (χ1) is 10.2. The van der Waals surface area contributed by atoms with Crippen molar-refractivity contribution in [2.75, 3.05) is 0 Å². The largest absolute Gasteiger partial charge is 0.305 e. The third-order valence-electron chi connectivity index (χ3n) is 3.97. The molecule has 1 aromatic carbocycles. The molecule has 0 aliphatic heterocycles. The number of carbonyl (C=O) groups excluding carboxylic acids is 1. The molecule has 0 radical (unpaired) electrons. The number of thioether (sulfide) groups is 1. The highest BCUT2D eigenvalue weighted by Gasteiger charge is 2.25. The molecular formula is C16H19N3OS. The number of hydrogen-bond acceptors (Lipinski definition) is 4. The number of ketones is 1. The molecule has 110 valence electrons. The molecule has 4 nitrogen and oxygen atoms in total. The predicted octanol–water partition coefficient (Wildman–Crippen LogP) is 3.39. The molecule has 21 heavy (non-hydrogen) atoms. The lowest BCUT2D eigenvalue weighted by atomic mass is 9.99. The van der Waals surface area contributed by atoms with Crippen LogP contribution < -0.4 is 0 Å². The highest BCUT2D eigenvalue weighted by atomic mass is 32.2. The van der Waals surface area contributed by atoms with Crippen LogP contribution in [-0.2, 0) is 11.8 Å². The van der Waals surface area contributed by atoms with E-state index in [2.05, 4.69) is 29.3 Å². The van der Waals surface area contributed by atoms with E-state index in [-0.39, 0.29) is 5.25 Å². The zero-order valence-electron chi connectivity index (χ0n) is 12.4. The van der Waals surface area contributed by atoms with Crippen LogP contribution in [0.2, 0.25) is 0 Å². The molecular weight excluding hydrogens is 282 g/mol. The van der Waals surface area contributed by atoms with Crippen LogP contribution in [0, 0.1) is 6.92 Å². The van der Waals surface area contributed by atoms with E-state index in [0.717, 1.165) is 35.8 Å². The van der Waals surface area contributed by atoms with Gasteiger partial charge in [0.2, 0.25) is 0 Å². The maximum absolute atomic E-state index is 12.0. The lowest BCUT2D eigenvalue weighted by Gasteiger charge is -2.19. The molecule has 3 rings (SSSR count). The van der Waals surface area contributed by atoms with Gasteiger partial charge in [-0.1, -0.05) is 42.4 Å². The topological polar surface area (TPSA) is 47.8 Å². The number of rotatable bonds is 3. The van der Waals surface area contributed by atoms with Crippen LogP contribution in [0.15, 0.2) is 29.4 Å². The molecule has 2 aromatic rings. The van der Waals surface area contributed by atoms with Crippen molar-refractivity contribution in [3.8, 4) is 11.4 Å². The van der Waals surface area contributed by atoms with Crippen LogP contribution in [0.25, 0.3) is 11.4 Å². The SMILES string of the molecule is Cc1ccccc1-c1nnc(S[C@H]2CCCCC2=O)n1C. The zero-order valence-corrected chi connectivity index (χ0v) is 13.2. The molecule has 1 aromatic heterocycles. The number of nitrogens with zero attached hydrogens (tertiary/aromatic N) is 3. The van der Waals surface area contributed by atoms with Gasteiger partial charge in [0, 0.05) is 19.0 Å². The van der Waals surface area contributed by atoms with Gasteiger partial charge >= 0.3 is 0 Å². The van der Waals surface area contributed by atoms with Gasteiger partial charge in [-0.05, 0) is 25.3 Å². The van der Waals surface area contributed by atoms with E-state index in [9.17, 15) is 4.79 Å². The third kappa shape index (κ3) is 2.88. The van der Waals surface area contributed by atoms with E-state index in [4.69, 9.17) is 0 Å². The number of hydrogen-bond donors (Lipinski definition) is 0. The quantitative estimate of drug-likeness (QED) is 0.872. The van der Waals surface area contributed by atoms with Crippen molar-refractivity contribution in [1.29, 1.82) is 0 Å². The van der Waals surface area contributed by atoms with E-state index in [0.29, 0.717) is 12.2 Å². The molecule has 1 aliphatic rings. The summed E-state index contributed by atoms with van der Waals surface area (Å²) in [5, 5.41) is 9.48. The Morgan fingerprint density at radius 3 is 2.81 bits per heavy atom. The minimum absolute atomic E-state index is 0.0476. The summed E-state index contributed by atoms with van der Waals surface area (Å²) in [4.78, 5) is 12.0. The Hall–Kier alpha value is -1.62. The molecule has 0 amide bonds. The molecule has 0 unspecified atom stereocenters. The lowest BCUT2D eigenvalue weighted by Crippen LogP contribution is -2.21. The summed E-state index contributed by atoms with van der Waals surface area (Å²) in [6, 6.07) is 8.15. The normalized spacial score (nSPS) is 19.0. The molecule has 1 atom stereocenters. The van der Waals surface area contributed by atoms with Crippen LogP contribution in [-0.4, -0.2) is 25.8 Å². The number of carbonyl (C=O) groups is 1. The Morgan fingerprint density at radius 1 is 1.24 bits per heavy atom. The summed E-state index contributed by atoms with van der Waals surface area (Å²) in [7, 11) is 1.97. The molecule has 0 saturated heterocycles. The average molecular weight is 301 g/mol. The molecule has 0 N–H and O–H groups in total. The summed E-state index contributed by atoms with van der Waals surface area (Å²) in [5.41, 5.74) is 2.27. The Kier molecular flexibility index (Phi) is 4.10. The Balaban J connectivity index is 1.86. The zero-order chi connectivity index (χ0) is 14.8. The number of aromatic nitrogens is 3. The molecule has 1 saturated carbocycles. The minimum atomic E-state index is 0.0476. The van der Waals surface area contributed by atoms with Crippen molar-refractivity contribution >= 4 is 17.5 Å². The number of benzene rings is 1. The van der Waals surface area contributed by atoms with Crippen LogP contribution >= 0.6 is 11.8 Å². The fourth-order valence-corrected chi connectivity index (χ4v) is 3.80. The summed E-state index contributed by atoms with van der Waals surface area (Å²) < 4.78 is 1.99. The highest BCUT2D eigenvalue weighted by Crippen LogP contribution is 2.32. The monoisotopic (exact) mass is 301 g/mol. The van der Waals surface area contributed by atoms with Gasteiger partial charge in [-0.3, -0.25) is 4.79 Å². The number of aryl methyl sites for hydroxylation is 1. The molecule has 0 bridgehead atoms. The minimum Gasteiger partial charge on any atom is -0.305 e. The number of Topliss-reactive ketones (excluding diaryl/α,β-unsaturated/α-hetero) is 1. The van der Waals surface area contributed by atoms with Crippen LogP contribution in [0.4, 0.5) is 0 Å². The average Bonchev–Trinajstić information content (AvgIpc) is 2.83. The highest BCUT2D eigenvalue weighted by molar-refractivity contribution is 8.00. The van der Waals surface area contributed by atoms with Crippen molar-refractivity contribution < 1.29 is 4.79 Å². The second-order valence-corrected chi connectivity index (χ2v) is 6.67. The first kappa shape index (κ1) is 14.3. The first-order valence-electron chi connectivity index (χ1n) is 7.31. The second-order valence-electron chi connectivity index (χ2n) is 5.50. The van der Waals surface area contributed by atoms with Gasteiger partial charge in [0.05, 0.1) is 5.25 Å². The van der Waals surface area contributed by atoms with Gasteiger partial charge in [-0.25, -0.2) is 0 Å². The van der Waals surface area contributed by atoms with E-state index in [1.165, 1.54) is 5.56 Å². The maximum Gasteiger partial charge on any atom is 0.191 e. The Bertz CT molecular complexity index is 665. The molecule has 5 heteroatoms. The summed E-state index contributed by atoms with van der Waals surface area (Å²) in [5.74, 6) is 1.21. The van der Waals surface area contributed by atoms with E-state index in [1.54, 1.807) is 11.8 Å². The second kappa shape index (κ2) is 6.02. The smallest absolute Gasteiger partial charge is 0.191 e. The van der Waals surface area contributed by atoms with Gasteiger partial charge in [0.25, 0.3) is 0 Å². The Morgan fingerprint density at radius 2 is 2.05 bits per heavy atom. The molecule has 1 fully saturated rings. The molecule has 1 aliphatic carbocycles. The van der Waals surface area contributed by atoms with E-state index in [1.807, 2.05) is 23.7 Å². The standard InChI is InChI=1S/C16H19N3OS/c1-11-7-3-4-8-12(11)15-17-18-16(19(15)2)21-14-10-6-5-9-13(14)20/h3-4,7-8,14H,5-6,9-10H2,1-2H3/t14-/m0/s1. The van der Waals surface area contributed by atoms with Gasteiger partial charge in [0.1, 0.15) is 5.78 Å². The molecule has 1 heterocycles. The third-order valence-corrected chi connectivity index (χ3v) is 5.32. The van der Waals surface area contributed by atoms with Gasteiger partial charge in [0.15, 0.2) is 11.0 Å². The fourth-order valence-electron chi connectivity index (χ4n) is 2.68. The fraction of sp³-hybridized carbons (Fsp3) is 0.438. The summed E-state index contributed by atoms with van der Waals surface area (Å²) in [6.45, 7) is 2.07. The van der Waals surface area contributed by atoms with Gasteiger partial charge < -0.3 is 4.57 Å². The van der Waals surface area contributed by atoms with Crippen molar-refractivity contribution in [2.45, 2.75) is 43.0 Å². The summed E-state index contributed by atoms with van der Waals surface area (Å²) >= 11 is 1.56. The van der Waals surface area contributed by atoms with Crippen molar-refractivity contribution in [3.63, 3.8) is 0 Å². The summed E-state index contributed by atoms with van der Waals surface area (Å²) in [6.07, 6.45) is 3.82. The van der Waals surface area contributed by atoms with Crippen LogP contribution in [0.3, 0.4) is 0 Å². The van der Waals surface area contributed by atoms with E-state index >= 15 is 0 Å². The van der Waals surface area contributed by atoms with Gasteiger partial charge in [-0.15, -0.1) is 10.2 Å². The first-order valence-corrected chi connectivity index (χ1v) is 8.19. The predicted molar refractivity (Wildman–Crippen MR) is 84.3 cm³/mol. The maximum atomic E-state index is 12.0. The van der Waals surface area contributed by atoms with Crippen molar-refractivity contribution in [3.05, 3.63) is 29.8 Å². The van der Waals surface area contributed by atoms with Crippen molar-refractivity contribution in [2.24, 2.45) is 7.05 Å². The van der Waals surface area contributed by atoms with Crippen molar-refractivity contribution in [1.82, 2.24) is 14.8 Å². The van der Waals surface area contributed by atoms with E-state index < -0.39 is 0 Å². The Labute approximate surface area is 129 Å². The van der Waals surface area contributed by atoms with Crippen LogP contribution in [0.5, 0.6) is 0 Å².